The summed E-state index contributed by atoms with van der Waals surface area (Å²) >= 11 is 0. The molecule has 2 N–H and O–H groups in total. The molecule has 0 aliphatic heterocycles. The van der Waals surface area contributed by atoms with Gasteiger partial charge in [-0.3, -0.25) is 4.79 Å². The summed E-state index contributed by atoms with van der Waals surface area (Å²) < 4.78 is 10.1. The van der Waals surface area contributed by atoms with Crippen LogP contribution in [0.4, 0.5) is 4.79 Å². The van der Waals surface area contributed by atoms with Crippen molar-refractivity contribution in [3.63, 3.8) is 0 Å². The molecule has 6 heteroatoms. The third-order valence-corrected chi connectivity index (χ3v) is 2.49. The topological polar surface area (TPSA) is 76.7 Å². The fourth-order valence-corrected chi connectivity index (χ4v) is 1.57. The van der Waals surface area contributed by atoms with Gasteiger partial charge in [0, 0.05) is 0 Å². The minimum atomic E-state index is -0.484. The van der Waals surface area contributed by atoms with Crippen molar-refractivity contribution < 1.29 is 19.1 Å². The van der Waals surface area contributed by atoms with Crippen LogP contribution in [0.5, 0.6) is 5.75 Å². The maximum Gasteiger partial charge on any atom is 0.325 e. The summed E-state index contributed by atoms with van der Waals surface area (Å²) in [5.41, 5.74) is 2.15. The Labute approximate surface area is 118 Å². The normalized spacial score (nSPS) is 9.75. The number of ether oxygens (including phenoxy) is 2. The third kappa shape index (κ3) is 5.60. The lowest BCUT2D eigenvalue weighted by molar-refractivity contribution is -0.141. The molecule has 1 aromatic carbocycles. The molecule has 20 heavy (non-hydrogen) atoms. The summed E-state index contributed by atoms with van der Waals surface area (Å²) in [6, 6.07) is 5.30. The zero-order chi connectivity index (χ0) is 15.0. The quantitative estimate of drug-likeness (QED) is 0.611. The van der Waals surface area contributed by atoms with Gasteiger partial charge in [-0.2, -0.15) is 0 Å². The lowest BCUT2D eigenvalue weighted by Gasteiger charge is -2.11. The predicted octanol–water partition coefficient (Wildman–Crippen LogP) is 1.50. The standard InChI is InChI=1S/C14H20N2O4/c1-4-19-13(17)8-15-14(18)16-9-20-12-6-5-10(2)7-11(12)3/h5-7H,4,8-9H2,1-3H3,(H2,15,16,18). The van der Waals surface area contributed by atoms with Crippen LogP contribution in [0.2, 0.25) is 0 Å². The van der Waals surface area contributed by atoms with Gasteiger partial charge in [0.25, 0.3) is 0 Å². The van der Waals surface area contributed by atoms with Crippen LogP contribution in [0, 0.1) is 13.8 Å². The molecule has 6 nitrogen and oxygen atoms in total. The number of nitrogens with one attached hydrogen (secondary N) is 2. The lowest BCUT2D eigenvalue weighted by atomic mass is 10.1. The molecule has 0 saturated carbocycles. The lowest BCUT2D eigenvalue weighted by Crippen LogP contribution is -2.40. The highest BCUT2D eigenvalue weighted by Gasteiger charge is 2.05. The molecule has 0 aliphatic carbocycles. The molecule has 0 fully saturated rings. The molecule has 1 aromatic rings. The second-order valence-corrected chi connectivity index (χ2v) is 4.22. The highest BCUT2D eigenvalue weighted by Crippen LogP contribution is 2.18. The van der Waals surface area contributed by atoms with Crippen LogP contribution in [0.1, 0.15) is 18.1 Å². The molecular weight excluding hydrogens is 260 g/mol. The van der Waals surface area contributed by atoms with Crippen molar-refractivity contribution in [3.05, 3.63) is 29.3 Å². The molecule has 1 rings (SSSR count). The molecule has 2 amide bonds. The molecule has 0 bridgehead atoms. The van der Waals surface area contributed by atoms with Gasteiger partial charge < -0.3 is 20.1 Å². The number of benzene rings is 1. The molecule has 0 aromatic heterocycles. The van der Waals surface area contributed by atoms with Crippen molar-refractivity contribution in [3.8, 4) is 5.75 Å². The number of amides is 2. The molecular formula is C14H20N2O4. The van der Waals surface area contributed by atoms with E-state index >= 15 is 0 Å². The minimum absolute atomic E-state index is 0.0263. The molecule has 110 valence electrons. The van der Waals surface area contributed by atoms with Crippen molar-refractivity contribution in [2.45, 2.75) is 20.8 Å². The Bertz CT molecular complexity index is 474. The van der Waals surface area contributed by atoms with Crippen LogP contribution in [0.25, 0.3) is 0 Å². The number of aryl methyl sites for hydroxylation is 2. The summed E-state index contributed by atoms with van der Waals surface area (Å²) in [6.45, 7) is 5.79. The van der Waals surface area contributed by atoms with E-state index in [-0.39, 0.29) is 19.9 Å². The molecule has 0 heterocycles. The Morgan fingerprint density at radius 3 is 2.60 bits per heavy atom. The van der Waals surface area contributed by atoms with E-state index in [2.05, 4.69) is 15.4 Å². The smallest absolute Gasteiger partial charge is 0.325 e. The predicted molar refractivity (Wildman–Crippen MR) is 74.6 cm³/mol. The van der Waals surface area contributed by atoms with Gasteiger partial charge in [-0.15, -0.1) is 0 Å². The van der Waals surface area contributed by atoms with E-state index in [1.165, 1.54) is 0 Å². The Morgan fingerprint density at radius 1 is 1.20 bits per heavy atom. The summed E-state index contributed by atoms with van der Waals surface area (Å²) in [4.78, 5) is 22.4. The summed E-state index contributed by atoms with van der Waals surface area (Å²) in [5, 5.41) is 4.86. The minimum Gasteiger partial charge on any atom is -0.473 e. The Kier molecular flexibility index (Phi) is 6.36. The SMILES string of the molecule is CCOC(=O)CNC(=O)NCOc1ccc(C)cc1C. The molecule has 0 unspecified atom stereocenters. The highest BCUT2D eigenvalue weighted by atomic mass is 16.5. The number of carbonyl (C=O) groups is 2. The van der Waals surface area contributed by atoms with Gasteiger partial charge in [-0.1, -0.05) is 17.7 Å². The third-order valence-electron chi connectivity index (χ3n) is 2.49. The monoisotopic (exact) mass is 280 g/mol. The van der Waals surface area contributed by atoms with Crippen LogP contribution >= 0.6 is 0 Å². The molecule has 0 spiro atoms. The van der Waals surface area contributed by atoms with Crippen molar-refractivity contribution in [2.24, 2.45) is 0 Å². The molecule has 0 radical (unpaired) electrons. The van der Waals surface area contributed by atoms with Crippen molar-refractivity contribution in [2.75, 3.05) is 19.9 Å². The molecule has 0 aliphatic rings. The number of rotatable bonds is 6. The summed E-state index contributed by atoms with van der Waals surface area (Å²) in [5.74, 6) is 0.235. The second kappa shape index (κ2) is 8.04. The maximum atomic E-state index is 11.4. The second-order valence-electron chi connectivity index (χ2n) is 4.22. The van der Waals surface area contributed by atoms with Gasteiger partial charge >= 0.3 is 12.0 Å². The van der Waals surface area contributed by atoms with Crippen LogP contribution in [0.3, 0.4) is 0 Å². The first-order valence-electron chi connectivity index (χ1n) is 6.40. The van der Waals surface area contributed by atoms with Crippen molar-refractivity contribution in [1.29, 1.82) is 0 Å². The zero-order valence-corrected chi connectivity index (χ0v) is 12.0. The van der Waals surface area contributed by atoms with Crippen LogP contribution in [0.15, 0.2) is 18.2 Å². The Balaban J connectivity index is 2.26. The number of esters is 1. The first-order valence-corrected chi connectivity index (χ1v) is 6.40. The van der Waals surface area contributed by atoms with Crippen molar-refractivity contribution in [1.82, 2.24) is 10.6 Å². The van der Waals surface area contributed by atoms with E-state index in [9.17, 15) is 9.59 Å². The first-order chi connectivity index (χ1) is 9.52. The van der Waals surface area contributed by atoms with E-state index in [0.717, 1.165) is 11.1 Å². The average Bonchev–Trinajstić information content (AvgIpc) is 2.39. The summed E-state index contributed by atoms with van der Waals surface area (Å²) in [6.07, 6.45) is 0. The highest BCUT2D eigenvalue weighted by molar-refractivity contribution is 5.80. The van der Waals surface area contributed by atoms with Gasteiger partial charge in [-0.05, 0) is 32.4 Å². The van der Waals surface area contributed by atoms with Crippen LogP contribution in [-0.2, 0) is 9.53 Å². The fraction of sp³-hybridized carbons (Fsp3) is 0.429. The number of carbonyl (C=O) groups excluding carboxylic acids is 2. The number of hydrogen-bond donors (Lipinski definition) is 2. The Hall–Kier alpha value is -2.24. The van der Waals surface area contributed by atoms with E-state index in [1.54, 1.807) is 6.92 Å². The maximum absolute atomic E-state index is 11.4. The number of urea groups is 1. The first kappa shape index (κ1) is 15.8. The number of hydrogen-bond acceptors (Lipinski definition) is 4. The van der Waals surface area contributed by atoms with Gasteiger partial charge in [0.1, 0.15) is 12.3 Å². The van der Waals surface area contributed by atoms with E-state index in [0.29, 0.717) is 5.75 Å². The van der Waals surface area contributed by atoms with Gasteiger partial charge in [0.05, 0.1) is 6.61 Å². The van der Waals surface area contributed by atoms with Gasteiger partial charge in [-0.25, -0.2) is 4.79 Å². The average molecular weight is 280 g/mol. The molecule has 0 atom stereocenters. The van der Waals surface area contributed by atoms with Crippen LogP contribution < -0.4 is 15.4 Å². The Morgan fingerprint density at radius 2 is 1.95 bits per heavy atom. The van der Waals surface area contributed by atoms with E-state index < -0.39 is 12.0 Å². The van der Waals surface area contributed by atoms with Crippen molar-refractivity contribution >= 4 is 12.0 Å². The molecule has 0 saturated heterocycles. The van der Waals surface area contributed by atoms with Gasteiger partial charge in [0.2, 0.25) is 0 Å². The largest absolute Gasteiger partial charge is 0.473 e. The van der Waals surface area contributed by atoms with E-state index in [1.807, 2.05) is 32.0 Å². The van der Waals surface area contributed by atoms with Gasteiger partial charge in [0.15, 0.2) is 6.73 Å². The van der Waals surface area contributed by atoms with E-state index in [4.69, 9.17) is 4.74 Å². The summed E-state index contributed by atoms with van der Waals surface area (Å²) in [7, 11) is 0. The zero-order valence-electron chi connectivity index (χ0n) is 12.0. The van der Waals surface area contributed by atoms with Crippen LogP contribution in [-0.4, -0.2) is 31.9 Å². The fourth-order valence-electron chi connectivity index (χ4n) is 1.57.